The van der Waals surface area contributed by atoms with Crippen LogP contribution in [0.15, 0.2) is 59.6 Å². The number of nitrogens with zero attached hydrogens (tertiary/aromatic N) is 3. The molecule has 1 aromatic heterocycles. The molecule has 0 saturated carbocycles. The number of fused-ring (bicyclic) bond motifs is 1. The van der Waals surface area contributed by atoms with Crippen molar-refractivity contribution in [3.8, 4) is 5.75 Å². The van der Waals surface area contributed by atoms with Gasteiger partial charge >= 0.3 is 11.5 Å². The summed E-state index contributed by atoms with van der Waals surface area (Å²) in [5, 5.41) is 0.797. The highest BCUT2D eigenvalue weighted by Gasteiger charge is 2.43. The van der Waals surface area contributed by atoms with Crippen LogP contribution in [0.3, 0.4) is 0 Å². The van der Waals surface area contributed by atoms with Gasteiger partial charge in [0.05, 0.1) is 18.3 Å². The molecule has 1 aliphatic rings. The fraction of sp³-hybridized carbons (Fsp3) is 0.227. The molecule has 32 heavy (non-hydrogen) atoms. The van der Waals surface area contributed by atoms with Crippen LogP contribution in [0.2, 0.25) is 0 Å². The highest BCUT2D eigenvalue weighted by molar-refractivity contribution is 8.00. The molecule has 1 unspecified atom stereocenters. The van der Waals surface area contributed by atoms with Gasteiger partial charge in [-0.1, -0.05) is 0 Å². The maximum atomic E-state index is 13.1. The molecular formula is C22H18F3N3O3S. The van der Waals surface area contributed by atoms with Crippen molar-refractivity contribution in [2.45, 2.75) is 29.9 Å². The van der Waals surface area contributed by atoms with Crippen LogP contribution in [0.1, 0.15) is 12.5 Å². The van der Waals surface area contributed by atoms with E-state index < -0.39 is 23.5 Å². The third-order valence-electron chi connectivity index (χ3n) is 5.19. The Hall–Kier alpha value is -3.27. The number of amides is 3. The SMILES string of the molecule is COc1ccc2nccc(CN3C(=O)N(c4ccc(SC(F)(F)F)cc4)C(=O)C3C)c2c1. The molecule has 0 N–H and O–H groups in total. The maximum absolute atomic E-state index is 13.1. The smallest absolute Gasteiger partial charge is 0.446 e. The van der Waals surface area contributed by atoms with Gasteiger partial charge in [-0.05, 0) is 72.8 Å². The van der Waals surface area contributed by atoms with Crippen molar-refractivity contribution in [3.05, 3.63) is 60.3 Å². The van der Waals surface area contributed by atoms with E-state index in [0.717, 1.165) is 21.4 Å². The van der Waals surface area contributed by atoms with Crippen molar-refractivity contribution in [1.82, 2.24) is 9.88 Å². The number of anilines is 1. The van der Waals surface area contributed by atoms with Gasteiger partial charge in [0, 0.05) is 23.0 Å². The van der Waals surface area contributed by atoms with Crippen molar-refractivity contribution in [2.24, 2.45) is 0 Å². The van der Waals surface area contributed by atoms with Crippen LogP contribution in [0, 0.1) is 0 Å². The van der Waals surface area contributed by atoms with E-state index in [4.69, 9.17) is 4.74 Å². The fourth-order valence-electron chi connectivity index (χ4n) is 3.58. The molecule has 0 aliphatic carbocycles. The van der Waals surface area contributed by atoms with Gasteiger partial charge in [-0.25, -0.2) is 9.69 Å². The van der Waals surface area contributed by atoms with Crippen molar-refractivity contribution in [1.29, 1.82) is 0 Å². The Morgan fingerprint density at radius 1 is 1.09 bits per heavy atom. The summed E-state index contributed by atoms with van der Waals surface area (Å²) >= 11 is -0.254. The second kappa shape index (κ2) is 8.34. The van der Waals surface area contributed by atoms with Crippen molar-refractivity contribution >= 4 is 40.3 Å². The predicted octanol–water partition coefficient (Wildman–Crippen LogP) is 5.21. The van der Waals surface area contributed by atoms with Crippen LogP contribution in [-0.2, 0) is 11.3 Å². The van der Waals surface area contributed by atoms with Gasteiger partial charge < -0.3 is 9.64 Å². The Bertz CT molecular complexity index is 1180. The summed E-state index contributed by atoms with van der Waals surface area (Å²) in [6.45, 7) is 1.79. The number of thioether (sulfide) groups is 1. The number of rotatable bonds is 5. The molecule has 1 atom stereocenters. The summed E-state index contributed by atoms with van der Waals surface area (Å²) in [5.41, 5.74) is -2.67. The third-order valence-corrected chi connectivity index (χ3v) is 5.93. The first-order valence-electron chi connectivity index (χ1n) is 9.60. The number of carbonyl (C=O) groups is 2. The summed E-state index contributed by atoms with van der Waals surface area (Å²) in [6.07, 6.45) is 1.63. The molecule has 3 aromatic rings. The van der Waals surface area contributed by atoms with E-state index in [1.807, 2.05) is 12.1 Å². The van der Waals surface area contributed by atoms with Crippen LogP contribution in [0.4, 0.5) is 23.7 Å². The Labute approximate surface area is 186 Å². The van der Waals surface area contributed by atoms with Gasteiger partial charge in [0.1, 0.15) is 11.8 Å². The zero-order chi connectivity index (χ0) is 23.0. The van der Waals surface area contributed by atoms with E-state index in [9.17, 15) is 22.8 Å². The second-order valence-corrected chi connectivity index (χ2v) is 8.29. The third kappa shape index (κ3) is 4.22. The molecule has 10 heteroatoms. The minimum Gasteiger partial charge on any atom is -0.497 e. The molecule has 3 amide bonds. The zero-order valence-electron chi connectivity index (χ0n) is 17.1. The highest BCUT2D eigenvalue weighted by Crippen LogP contribution is 2.38. The molecule has 1 aliphatic heterocycles. The van der Waals surface area contributed by atoms with Crippen LogP contribution >= 0.6 is 11.8 Å². The van der Waals surface area contributed by atoms with E-state index in [1.165, 1.54) is 29.2 Å². The molecule has 1 saturated heterocycles. The molecule has 166 valence electrons. The molecule has 0 bridgehead atoms. The van der Waals surface area contributed by atoms with Gasteiger partial charge in [0.25, 0.3) is 5.91 Å². The lowest BCUT2D eigenvalue weighted by molar-refractivity contribution is -0.119. The highest BCUT2D eigenvalue weighted by atomic mass is 32.2. The summed E-state index contributed by atoms with van der Waals surface area (Å²) in [5.74, 6) is 0.198. The summed E-state index contributed by atoms with van der Waals surface area (Å²) in [7, 11) is 1.55. The molecule has 2 aromatic carbocycles. The van der Waals surface area contributed by atoms with Gasteiger partial charge in [-0.2, -0.15) is 13.2 Å². The van der Waals surface area contributed by atoms with Crippen LogP contribution in [0.5, 0.6) is 5.75 Å². The number of urea groups is 1. The first-order valence-corrected chi connectivity index (χ1v) is 10.4. The summed E-state index contributed by atoms with van der Waals surface area (Å²) in [6, 6.07) is 11.1. The summed E-state index contributed by atoms with van der Waals surface area (Å²) in [4.78, 5) is 32.7. The van der Waals surface area contributed by atoms with E-state index in [0.29, 0.717) is 5.75 Å². The average molecular weight is 461 g/mol. The Balaban J connectivity index is 1.61. The Morgan fingerprint density at radius 2 is 1.81 bits per heavy atom. The normalized spacial score (nSPS) is 16.8. The lowest BCUT2D eigenvalue weighted by Gasteiger charge is -2.20. The lowest BCUT2D eigenvalue weighted by atomic mass is 10.1. The molecule has 0 radical (unpaired) electrons. The largest absolute Gasteiger partial charge is 0.497 e. The number of hydrogen-bond donors (Lipinski definition) is 0. The quantitative estimate of drug-likeness (QED) is 0.386. The molecule has 4 rings (SSSR count). The molecule has 2 heterocycles. The van der Waals surface area contributed by atoms with Crippen molar-refractivity contribution in [3.63, 3.8) is 0 Å². The van der Waals surface area contributed by atoms with E-state index in [-0.39, 0.29) is 28.9 Å². The fourth-order valence-corrected chi connectivity index (χ4v) is 4.12. The Kier molecular flexibility index (Phi) is 5.72. The van der Waals surface area contributed by atoms with Gasteiger partial charge in [0.2, 0.25) is 0 Å². The van der Waals surface area contributed by atoms with Crippen LogP contribution in [0.25, 0.3) is 10.9 Å². The zero-order valence-corrected chi connectivity index (χ0v) is 17.9. The van der Waals surface area contributed by atoms with E-state index >= 15 is 0 Å². The molecular weight excluding hydrogens is 443 g/mol. The number of halogens is 3. The number of hydrogen-bond acceptors (Lipinski definition) is 5. The molecule has 6 nitrogen and oxygen atoms in total. The predicted molar refractivity (Wildman–Crippen MR) is 115 cm³/mol. The second-order valence-electron chi connectivity index (χ2n) is 7.15. The number of pyridine rings is 1. The number of carbonyl (C=O) groups excluding carboxylic acids is 2. The van der Waals surface area contributed by atoms with Gasteiger partial charge in [-0.3, -0.25) is 9.78 Å². The number of imide groups is 1. The number of ether oxygens (including phenoxy) is 1. The number of alkyl halides is 3. The van der Waals surface area contributed by atoms with Crippen LogP contribution in [-0.4, -0.2) is 40.5 Å². The van der Waals surface area contributed by atoms with E-state index in [2.05, 4.69) is 4.98 Å². The van der Waals surface area contributed by atoms with Crippen molar-refractivity contribution < 1.29 is 27.5 Å². The van der Waals surface area contributed by atoms with Gasteiger partial charge in [0.15, 0.2) is 0 Å². The average Bonchev–Trinajstić information content (AvgIpc) is 2.96. The molecule has 0 spiro atoms. The van der Waals surface area contributed by atoms with Crippen LogP contribution < -0.4 is 9.64 Å². The standard InChI is InChI=1S/C22H18F3N3O3S/c1-13-20(29)28(15-3-6-17(7-4-15)32-22(23,24)25)21(30)27(13)12-14-9-10-26-19-8-5-16(31-2)11-18(14)19/h3-11,13H,12H2,1-2H3. The summed E-state index contributed by atoms with van der Waals surface area (Å²) < 4.78 is 43.0. The van der Waals surface area contributed by atoms with E-state index in [1.54, 1.807) is 32.4 Å². The monoisotopic (exact) mass is 461 g/mol. The van der Waals surface area contributed by atoms with Gasteiger partial charge in [-0.15, -0.1) is 0 Å². The number of benzene rings is 2. The topological polar surface area (TPSA) is 62.7 Å². The minimum atomic E-state index is -4.41. The van der Waals surface area contributed by atoms with Crippen molar-refractivity contribution in [2.75, 3.05) is 12.0 Å². The first kappa shape index (κ1) is 21.9. The number of methoxy groups -OCH3 is 1. The lowest BCUT2D eigenvalue weighted by Crippen LogP contribution is -2.33. The minimum absolute atomic E-state index is 0.0255. The Morgan fingerprint density at radius 3 is 2.47 bits per heavy atom. The maximum Gasteiger partial charge on any atom is 0.446 e. The number of aromatic nitrogens is 1. The first-order chi connectivity index (χ1) is 15.2. The molecule has 1 fully saturated rings.